The van der Waals surface area contributed by atoms with E-state index in [0.717, 1.165) is 23.6 Å². The summed E-state index contributed by atoms with van der Waals surface area (Å²) >= 11 is 5.91. The molecule has 6 heteroatoms. The normalized spacial score (nSPS) is 20.9. The molecule has 1 aliphatic rings. The van der Waals surface area contributed by atoms with E-state index in [2.05, 4.69) is 15.6 Å². The summed E-state index contributed by atoms with van der Waals surface area (Å²) in [6, 6.07) is 11.4. The van der Waals surface area contributed by atoms with E-state index in [-0.39, 0.29) is 23.8 Å². The van der Waals surface area contributed by atoms with Gasteiger partial charge in [0.2, 0.25) is 5.91 Å². The molecule has 1 aromatic carbocycles. The van der Waals surface area contributed by atoms with E-state index < -0.39 is 0 Å². The number of carbonyl (C=O) groups is 1. The van der Waals surface area contributed by atoms with Crippen LogP contribution < -0.4 is 15.4 Å². The van der Waals surface area contributed by atoms with Crippen LogP contribution in [0.5, 0.6) is 5.75 Å². The minimum atomic E-state index is -0.151. The van der Waals surface area contributed by atoms with Crippen molar-refractivity contribution >= 4 is 17.5 Å². The average molecular weight is 360 g/mol. The van der Waals surface area contributed by atoms with Crippen molar-refractivity contribution in [2.24, 2.45) is 5.92 Å². The van der Waals surface area contributed by atoms with E-state index >= 15 is 0 Å². The van der Waals surface area contributed by atoms with E-state index in [4.69, 9.17) is 16.3 Å². The van der Waals surface area contributed by atoms with Gasteiger partial charge in [0.1, 0.15) is 5.75 Å². The zero-order chi connectivity index (χ0) is 17.8. The molecular weight excluding hydrogens is 338 g/mol. The second-order valence-corrected chi connectivity index (χ2v) is 6.72. The van der Waals surface area contributed by atoms with Gasteiger partial charge in [0.25, 0.3) is 0 Å². The Morgan fingerprint density at radius 3 is 2.92 bits per heavy atom. The molecule has 1 saturated heterocycles. The van der Waals surface area contributed by atoms with Gasteiger partial charge in [-0.2, -0.15) is 0 Å². The average Bonchev–Trinajstić information content (AvgIpc) is 3.12. The van der Waals surface area contributed by atoms with Crippen LogP contribution in [0.15, 0.2) is 42.6 Å². The van der Waals surface area contributed by atoms with Crippen LogP contribution in [-0.2, 0) is 4.79 Å². The molecule has 2 N–H and O–H groups in total. The molecule has 3 rings (SSSR count). The molecule has 2 heterocycles. The molecule has 1 fully saturated rings. The highest BCUT2D eigenvalue weighted by Gasteiger charge is 2.35. The van der Waals surface area contributed by atoms with E-state index in [1.54, 1.807) is 13.3 Å². The summed E-state index contributed by atoms with van der Waals surface area (Å²) < 4.78 is 5.25. The SMILES string of the molecule is COc1cccc([C@H](C)NC(=O)[C@@H]2CNC[C@H]2c2ccc(Cl)cn2)c1. The first-order valence-corrected chi connectivity index (χ1v) is 8.72. The van der Waals surface area contributed by atoms with Crippen LogP contribution in [0.2, 0.25) is 5.02 Å². The van der Waals surface area contributed by atoms with Crippen molar-refractivity contribution < 1.29 is 9.53 Å². The number of halogens is 1. The second kappa shape index (κ2) is 7.85. The van der Waals surface area contributed by atoms with Crippen molar-refractivity contribution in [1.82, 2.24) is 15.6 Å². The van der Waals surface area contributed by atoms with Gasteiger partial charge < -0.3 is 15.4 Å². The van der Waals surface area contributed by atoms with Gasteiger partial charge in [-0.05, 0) is 36.8 Å². The maximum Gasteiger partial charge on any atom is 0.225 e. The van der Waals surface area contributed by atoms with Crippen molar-refractivity contribution in [1.29, 1.82) is 0 Å². The minimum absolute atomic E-state index is 0.0297. The van der Waals surface area contributed by atoms with Crippen LogP contribution in [0.3, 0.4) is 0 Å². The Morgan fingerprint density at radius 1 is 1.36 bits per heavy atom. The number of pyridine rings is 1. The highest BCUT2D eigenvalue weighted by molar-refractivity contribution is 6.30. The molecule has 0 radical (unpaired) electrons. The molecule has 5 nitrogen and oxygen atoms in total. The Labute approximate surface area is 152 Å². The first-order chi connectivity index (χ1) is 12.1. The molecule has 0 bridgehead atoms. The third-order valence-electron chi connectivity index (χ3n) is 4.63. The number of carbonyl (C=O) groups excluding carboxylic acids is 1. The number of benzene rings is 1. The van der Waals surface area contributed by atoms with Gasteiger partial charge in [0, 0.05) is 30.9 Å². The summed E-state index contributed by atoms with van der Waals surface area (Å²) in [4.78, 5) is 17.2. The lowest BCUT2D eigenvalue weighted by Crippen LogP contribution is -2.36. The van der Waals surface area contributed by atoms with E-state index in [1.165, 1.54) is 0 Å². The lowest BCUT2D eigenvalue weighted by atomic mass is 9.91. The first kappa shape index (κ1) is 17.7. The van der Waals surface area contributed by atoms with Crippen LogP contribution >= 0.6 is 11.6 Å². The minimum Gasteiger partial charge on any atom is -0.497 e. The van der Waals surface area contributed by atoms with E-state index in [9.17, 15) is 4.79 Å². The van der Waals surface area contributed by atoms with Crippen LogP contribution in [0.4, 0.5) is 0 Å². The Hall–Kier alpha value is -2.11. The van der Waals surface area contributed by atoms with Crippen molar-refractivity contribution in [3.8, 4) is 5.75 Å². The fourth-order valence-electron chi connectivity index (χ4n) is 3.19. The summed E-state index contributed by atoms with van der Waals surface area (Å²) in [5.41, 5.74) is 1.91. The fraction of sp³-hybridized carbons (Fsp3) is 0.368. The van der Waals surface area contributed by atoms with Gasteiger partial charge in [0.05, 0.1) is 24.1 Å². The topological polar surface area (TPSA) is 63.2 Å². The lowest BCUT2D eigenvalue weighted by molar-refractivity contribution is -0.125. The van der Waals surface area contributed by atoms with Crippen molar-refractivity contribution in [3.05, 3.63) is 58.9 Å². The maximum atomic E-state index is 12.8. The highest BCUT2D eigenvalue weighted by Crippen LogP contribution is 2.28. The molecule has 0 spiro atoms. The summed E-state index contributed by atoms with van der Waals surface area (Å²) in [7, 11) is 1.64. The number of nitrogens with one attached hydrogen (secondary N) is 2. The molecule has 3 atom stereocenters. The van der Waals surface area contributed by atoms with Crippen molar-refractivity contribution in [3.63, 3.8) is 0 Å². The fourth-order valence-corrected chi connectivity index (χ4v) is 3.30. The van der Waals surface area contributed by atoms with E-state index in [1.807, 2.05) is 43.3 Å². The van der Waals surface area contributed by atoms with Gasteiger partial charge in [-0.15, -0.1) is 0 Å². The number of aromatic nitrogens is 1. The van der Waals surface area contributed by atoms with Crippen LogP contribution in [-0.4, -0.2) is 31.1 Å². The number of ether oxygens (including phenoxy) is 1. The van der Waals surface area contributed by atoms with Crippen molar-refractivity contribution in [2.75, 3.05) is 20.2 Å². The predicted molar refractivity (Wildman–Crippen MR) is 97.9 cm³/mol. The summed E-state index contributed by atoms with van der Waals surface area (Å²) in [5.74, 6) is 0.711. The van der Waals surface area contributed by atoms with Crippen LogP contribution in [0.25, 0.3) is 0 Å². The van der Waals surface area contributed by atoms with Crippen LogP contribution in [0.1, 0.15) is 30.1 Å². The summed E-state index contributed by atoms with van der Waals surface area (Å²) in [5, 5.41) is 7.01. The molecule has 25 heavy (non-hydrogen) atoms. The number of methoxy groups -OCH3 is 1. The molecule has 1 amide bonds. The molecule has 0 saturated carbocycles. The van der Waals surface area contributed by atoms with E-state index in [0.29, 0.717) is 11.6 Å². The van der Waals surface area contributed by atoms with Crippen LogP contribution in [0, 0.1) is 5.92 Å². The Balaban J connectivity index is 1.70. The van der Waals surface area contributed by atoms with Crippen molar-refractivity contribution in [2.45, 2.75) is 18.9 Å². The zero-order valence-corrected chi connectivity index (χ0v) is 15.1. The largest absolute Gasteiger partial charge is 0.497 e. The summed E-state index contributed by atoms with van der Waals surface area (Å²) in [6.45, 7) is 3.36. The lowest BCUT2D eigenvalue weighted by Gasteiger charge is -2.21. The second-order valence-electron chi connectivity index (χ2n) is 6.28. The molecular formula is C19H22ClN3O2. The van der Waals surface area contributed by atoms with Gasteiger partial charge in [-0.3, -0.25) is 9.78 Å². The number of nitrogens with zero attached hydrogens (tertiary/aromatic N) is 1. The van der Waals surface area contributed by atoms with Gasteiger partial charge >= 0.3 is 0 Å². The Kier molecular flexibility index (Phi) is 5.56. The predicted octanol–water partition coefficient (Wildman–Crippen LogP) is 2.92. The zero-order valence-electron chi connectivity index (χ0n) is 14.3. The van der Waals surface area contributed by atoms with Gasteiger partial charge in [-0.25, -0.2) is 0 Å². The monoisotopic (exact) mass is 359 g/mol. The maximum absolute atomic E-state index is 12.8. The Bertz CT molecular complexity index is 736. The molecule has 1 aromatic heterocycles. The van der Waals surface area contributed by atoms with Gasteiger partial charge in [0.15, 0.2) is 0 Å². The number of rotatable bonds is 5. The molecule has 0 unspecified atom stereocenters. The smallest absolute Gasteiger partial charge is 0.225 e. The van der Waals surface area contributed by atoms with Gasteiger partial charge in [-0.1, -0.05) is 23.7 Å². The summed E-state index contributed by atoms with van der Waals surface area (Å²) in [6.07, 6.45) is 1.63. The first-order valence-electron chi connectivity index (χ1n) is 8.35. The Morgan fingerprint density at radius 2 is 2.20 bits per heavy atom. The number of hydrogen-bond donors (Lipinski definition) is 2. The quantitative estimate of drug-likeness (QED) is 0.861. The molecule has 132 valence electrons. The number of amides is 1. The number of hydrogen-bond acceptors (Lipinski definition) is 4. The molecule has 2 aromatic rings. The standard InChI is InChI=1S/C19H22ClN3O2/c1-12(13-4-3-5-15(8-13)25-2)23-19(24)17-11-21-10-16(17)18-7-6-14(20)9-22-18/h3-9,12,16-17,21H,10-11H2,1-2H3,(H,23,24)/t12-,16+,17+/m0/s1. The highest BCUT2D eigenvalue weighted by atomic mass is 35.5. The third kappa shape index (κ3) is 4.11. The molecule has 0 aliphatic carbocycles. The molecule has 1 aliphatic heterocycles. The third-order valence-corrected chi connectivity index (χ3v) is 4.86.